The number of carbonyl (C=O) groups is 1. The standard InChI is InChI=1S/C10H14O3/c1-2-12-9(11)8-10(13-8)6-4-3-5-7-10/h4,6,8H,2-3,5,7H2,1H3. The van der Waals surface area contributed by atoms with Crippen LogP contribution in [0.5, 0.6) is 0 Å². The second-order valence-electron chi connectivity index (χ2n) is 3.50. The van der Waals surface area contributed by atoms with Crippen LogP contribution in [0.25, 0.3) is 0 Å². The average molecular weight is 182 g/mol. The molecule has 2 unspecified atom stereocenters. The third-order valence-corrected chi connectivity index (χ3v) is 2.56. The minimum Gasteiger partial charge on any atom is -0.464 e. The van der Waals surface area contributed by atoms with Crippen LogP contribution in [-0.4, -0.2) is 24.3 Å². The number of rotatable bonds is 2. The Labute approximate surface area is 77.7 Å². The molecule has 0 aromatic rings. The van der Waals surface area contributed by atoms with Crippen molar-refractivity contribution in [1.82, 2.24) is 0 Å². The van der Waals surface area contributed by atoms with E-state index in [2.05, 4.69) is 6.08 Å². The summed E-state index contributed by atoms with van der Waals surface area (Å²) < 4.78 is 10.3. The SMILES string of the molecule is CCOC(=O)C1OC12C=CCCC2. The first kappa shape index (κ1) is 8.75. The maximum atomic E-state index is 11.3. The Morgan fingerprint density at radius 2 is 2.62 bits per heavy atom. The third-order valence-electron chi connectivity index (χ3n) is 2.56. The molecule has 2 rings (SSSR count). The molecule has 1 aliphatic heterocycles. The molecule has 1 heterocycles. The Morgan fingerprint density at radius 1 is 1.77 bits per heavy atom. The predicted octanol–water partition coefficient (Wildman–Crippen LogP) is 1.43. The van der Waals surface area contributed by atoms with Gasteiger partial charge >= 0.3 is 5.97 Å². The van der Waals surface area contributed by atoms with Gasteiger partial charge in [0.1, 0.15) is 5.60 Å². The molecule has 0 aromatic heterocycles. The number of epoxide rings is 1. The molecular formula is C10H14O3. The summed E-state index contributed by atoms with van der Waals surface area (Å²) >= 11 is 0. The highest BCUT2D eigenvalue weighted by molar-refractivity contribution is 5.80. The molecule has 0 amide bonds. The second kappa shape index (κ2) is 3.14. The minimum absolute atomic E-state index is 0.214. The molecule has 13 heavy (non-hydrogen) atoms. The highest BCUT2D eigenvalue weighted by atomic mass is 16.7. The van der Waals surface area contributed by atoms with Crippen molar-refractivity contribution in [2.24, 2.45) is 0 Å². The lowest BCUT2D eigenvalue weighted by Gasteiger charge is -2.11. The zero-order chi connectivity index (χ0) is 9.31. The van der Waals surface area contributed by atoms with Crippen LogP contribution < -0.4 is 0 Å². The Bertz CT molecular complexity index is 247. The van der Waals surface area contributed by atoms with Gasteiger partial charge in [0.05, 0.1) is 6.61 Å². The van der Waals surface area contributed by atoms with E-state index in [1.165, 1.54) is 0 Å². The number of esters is 1. The van der Waals surface area contributed by atoms with E-state index in [4.69, 9.17) is 9.47 Å². The van der Waals surface area contributed by atoms with Gasteiger partial charge in [0.15, 0.2) is 6.10 Å². The largest absolute Gasteiger partial charge is 0.464 e. The van der Waals surface area contributed by atoms with E-state index in [1.807, 2.05) is 13.0 Å². The number of allylic oxidation sites excluding steroid dienone is 1. The molecule has 2 atom stereocenters. The molecule has 72 valence electrons. The highest BCUT2D eigenvalue weighted by Gasteiger charge is 2.59. The van der Waals surface area contributed by atoms with Crippen molar-refractivity contribution >= 4 is 5.97 Å². The van der Waals surface area contributed by atoms with Crippen molar-refractivity contribution in [3.05, 3.63) is 12.2 Å². The van der Waals surface area contributed by atoms with Crippen molar-refractivity contribution in [3.63, 3.8) is 0 Å². The average Bonchev–Trinajstić information content (AvgIpc) is 2.81. The Morgan fingerprint density at radius 3 is 3.23 bits per heavy atom. The minimum atomic E-state index is -0.330. The quantitative estimate of drug-likeness (QED) is 0.368. The van der Waals surface area contributed by atoms with E-state index < -0.39 is 0 Å². The van der Waals surface area contributed by atoms with Crippen LogP contribution >= 0.6 is 0 Å². The smallest absolute Gasteiger partial charge is 0.338 e. The Hall–Kier alpha value is -0.830. The van der Waals surface area contributed by atoms with Crippen molar-refractivity contribution in [2.45, 2.75) is 37.9 Å². The first-order valence-electron chi connectivity index (χ1n) is 4.81. The molecule has 3 heteroatoms. The van der Waals surface area contributed by atoms with E-state index in [1.54, 1.807) is 0 Å². The van der Waals surface area contributed by atoms with E-state index in [0.29, 0.717) is 6.61 Å². The van der Waals surface area contributed by atoms with Gasteiger partial charge in [0.2, 0.25) is 0 Å². The molecule has 0 N–H and O–H groups in total. The number of carbonyl (C=O) groups excluding carboxylic acids is 1. The third kappa shape index (κ3) is 1.48. The van der Waals surface area contributed by atoms with Gasteiger partial charge in [-0.1, -0.05) is 12.2 Å². The van der Waals surface area contributed by atoms with Gasteiger partial charge < -0.3 is 9.47 Å². The summed E-state index contributed by atoms with van der Waals surface area (Å²) in [4.78, 5) is 11.3. The van der Waals surface area contributed by atoms with Crippen LogP contribution in [0.2, 0.25) is 0 Å². The molecule has 0 bridgehead atoms. The van der Waals surface area contributed by atoms with Gasteiger partial charge in [0, 0.05) is 0 Å². The molecule has 3 nitrogen and oxygen atoms in total. The molecule has 0 saturated carbocycles. The van der Waals surface area contributed by atoms with Gasteiger partial charge in [-0.25, -0.2) is 4.79 Å². The van der Waals surface area contributed by atoms with Gasteiger partial charge in [-0.3, -0.25) is 0 Å². The molecule has 1 fully saturated rings. The normalized spacial score (nSPS) is 36.2. The summed E-state index contributed by atoms with van der Waals surface area (Å²) in [5.74, 6) is -0.214. The van der Waals surface area contributed by atoms with Gasteiger partial charge in [-0.15, -0.1) is 0 Å². The van der Waals surface area contributed by atoms with Crippen LogP contribution in [0.3, 0.4) is 0 Å². The van der Waals surface area contributed by atoms with Gasteiger partial charge in [-0.05, 0) is 26.2 Å². The van der Waals surface area contributed by atoms with Crippen LogP contribution in [0.1, 0.15) is 26.2 Å². The first-order chi connectivity index (χ1) is 6.28. The fourth-order valence-corrected chi connectivity index (χ4v) is 1.83. The summed E-state index contributed by atoms with van der Waals surface area (Å²) in [5.41, 5.74) is -0.287. The van der Waals surface area contributed by atoms with Crippen LogP contribution in [0.4, 0.5) is 0 Å². The zero-order valence-electron chi connectivity index (χ0n) is 7.79. The van der Waals surface area contributed by atoms with E-state index in [0.717, 1.165) is 19.3 Å². The second-order valence-corrected chi connectivity index (χ2v) is 3.50. The first-order valence-corrected chi connectivity index (χ1v) is 4.81. The monoisotopic (exact) mass is 182 g/mol. The Balaban J connectivity index is 1.96. The van der Waals surface area contributed by atoms with E-state index in [-0.39, 0.29) is 17.7 Å². The van der Waals surface area contributed by atoms with Crippen LogP contribution in [-0.2, 0) is 14.3 Å². The molecule has 1 spiro atoms. The van der Waals surface area contributed by atoms with Crippen LogP contribution in [0.15, 0.2) is 12.2 Å². The van der Waals surface area contributed by atoms with Crippen molar-refractivity contribution < 1.29 is 14.3 Å². The van der Waals surface area contributed by atoms with Gasteiger partial charge in [-0.2, -0.15) is 0 Å². The summed E-state index contributed by atoms with van der Waals surface area (Å²) in [6, 6.07) is 0. The number of hydrogen-bond acceptors (Lipinski definition) is 3. The topological polar surface area (TPSA) is 38.8 Å². The van der Waals surface area contributed by atoms with E-state index >= 15 is 0 Å². The number of hydrogen-bond donors (Lipinski definition) is 0. The van der Waals surface area contributed by atoms with Crippen molar-refractivity contribution in [3.8, 4) is 0 Å². The summed E-state index contributed by atoms with van der Waals surface area (Å²) in [6.07, 6.45) is 6.92. The lowest BCUT2D eigenvalue weighted by molar-refractivity contribution is -0.144. The van der Waals surface area contributed by atoms with Crippen LogP contribution in [0, 0.1) is 0 Å². The molecule has 2 aliphatic rings. The highest BCUT2D eigenvalue weighted by Crippen LogP contribution is 2.45. The molecule has 0 aromatic carbocycles. The lowest BCUT2D eigenvalue weighted by Crippen LogP contribution is -2.22. The lowest BCUT2D eigenvalue weighted by atomic mass is 9.93. The Kier molecular flexibility index (Phi) is 2.12. The fraction of sp³-hybridized carbons (Fsp3) is 0.700. The van der Waals surface area contributed by atoms with Crippen molar-refractivity contribution in [2.75, 3.05) is 6.61 Å². The molecule has 0 radical (unpaired) electrons. The van der Waals surface area contributed by atoms with E-state index in [9.17, 15) is 4.79 Å². The molecule has 1 saturated heterocycles. The predicted molar refractivity (Wildman–Crippen MR) is 47.2 cm³/mol. The maximum absolute atomic E-state index is 11.3. The maximum Gasteiger partial charge on any atom is 0.338 e. The zero-order valence-corrected chi connectivity index (χ0v) is 7.79. The summed E-state index contributed by atoms with van der Waals surface area (Å²) in [5, 5.41) is 0. The fourth-order valence-electron chi connectivity index (χ4n) is 1.83. The summed E-state index contributed by atoms with van der Waals surface area (Å²) in [6.45, 7) is 2.24. The number of ether oxygens (including phenoxy) is 2. The van der Waals surface area contributed by atoms with Crippen molar-refractivity contribution in [1.29, 1.82) is 0 Å². The molecule has 1 aliphatic carbocycles. The molecular weight excluding hydrogens is 168 g/mol. The van der Waals surface area contributed by atoms with Gasteiger partial charge in [0.25, 0.3) is 0 Å². The summed E-state index contributed by atoms with van der Waals surface area (Å²) in [7, 11) is 0.